The largest absolute Gasteiger partial charge is 0.432 e. The minimum absolute atomic E-state index is 0.195. The Labute approximate surface area is 157 Å². The second kappa shape index (κ2) is 7.34. The fourth-order valence-electron chi connectivity index (χ4n) is 2.55. The van der Waals surface area contributed by atoms with Crippen LogP contribution >= 0.6 is 0 Å². The number of benzene rings is 3. The lowest BCUT2D eigenvalue weighted by Gasteiger charge is -2.20. The van der Waals surface area contributed by atoms with E-state index in [2.05, 4.69) is 4.74 Å². The molecule has 3 aromatic rings. The minimum Gasteiger partial charge on any atom is -0.429 e. The molecule has 152 valence electrons. The molecule has 0 heterocycles. The van der Waals surface area contributed by atoms with Gasteiger partial charge in [-0.25, -0.2) is 30.7 Å². The molecule has 0 saturated carbocycles. The van der Waals surface area contributed by atoms with E-state index in [9.17, 15) is 39.5 Å². The van der Waals surface area contributed by atoms with Crippen molar-refractivity contribution in [3.63, 3.8) is 0 Å². The lowest BCUT2D eigenvalue weighted by molar-refractivity contribution is -0.189. The number of rotatable bonds is 4. The normalized spacial score (nSPS) is 11.6. The van der Waals surface area contributed by atoms with Crippen molar-refractivity contribution in [2.75, 3.05) is 0 Å². The third-order valence-corrected chi connectivity index (χ3v) is 3.77. The van der Waals surface area contributed by atoms with Gasteiger partial charge in [-0.3, -0.25) is 0 Å². The SMILES string of the molecule is Fc1cc(F)c(-c2cc(F)c(C(F)(F)Oc3ccc(F)c(F)c3)c(F)c2)c(F)c1. The van der Waals surface area contributed by atoms with Gasteiger partial charge in [0.1, 0.15) is 40.4 Å². The van der Waals surface area contributed by atoms with Gasteiger partial charge in [-0.2, -0.15) is 8.78 Å². The van der Waals surface area contributed by atoms with Crippen LogP contribution in [-0.2, 0) is 6.11 Å². The lowest BCUT2D eigenvalue weighted by Crippen LogP contribution is -2.25. The van der Waals surface area contributed by atoms with E-state index in [0.717, 1.165) is 0 Å². The number of halogens is 9. The highest BCUT2D eigenvalue weighted by Crippen LogP contribution is 2.38. The van der Waals surface area contributed by atoms with Gasteiger partial charge in [0.2, 0.25) is 0 Å². The maximum Gasteiger partial charge on any atom is 0.432 e. The van der Waals surface area contributed by atoms with E-state index in [-0.39, 0.29) is 30.3 Å². The Morgan fingerprint density at radius 2 is 1.14 bits per heavy atom. The highest BCUT2D eigenvalue weighted by atomic mass is 19.3. The molecule has 0 N–H and O–H groups in total. The monoisotopic (exact) mass is 422 g/mol. The summed E-state index contributed by atoms with van der Waals surface area (Å²) in [5.74, 6) is -12.1. The quantitative estimate of drug-likeness (QED) is 0.439. The summed E-state index contributed by atoms with van der Waals surface area (Å²) in [6.45, 7) is 0. The topological polar surface area (TPSA) is 9.23 Å². The smallest absolute Gasteiger partial charge is 0.429 e. The number of hydrogen-bond donors (Lipinski definition) is 0. The zero-order valence-electron chi connectivity index (χ0n) is 13.9. The molecule has 0 spiro atoms. The second-order valence-electron chi connectivity index (χ2n) is 5.75. The van der Waals surface area contributed by atoms with Crippen LogP contribution in [0, 0.1) is 40.7 Å². The molecule has 0 saturated heterocycles. The van der Waals surface area contributed by atoms with Gasteiger partial charge in [0.25, 0.3) is 0 Å². The maximum absolute atomic E-state index is 14.2. The third kappa shape index (κ3) is 4.01. The summed E-state index contributed by atoms with van der Waals surface area (Å²) in [7, 11) is 0. The predicted molar refractivity (Wildman–Crippen MR) is 82.5 cm³/mol. The second-order valence-corrected chi connectivity index (χ2v) is 5.75. The zero-order chi connectivity index (χ0) is 21.5. The Kier molecular flexibility index (Phi) is 5.20. The van der Waals surface area contributed by atoms with Gasteiger partial charge in [0.05, 0.1) is 5.56 Å². The first-order valence-electron chi connectivity index (χ1n) is 7.66. The molecular formula is C19H7F9O. The summed E-state index contributed by atoms with van der Waals surface area (Å²) in [4.78, 5) is 0. The summed E-state index contributed by atoms with van der Waals surface area (Å²) in [6, 6.07) is 2.15. The summed E-state index contributed by atoms with van der Waals surface area (Å²) < 4.78 is 128. The summed E-state index contributed by atoms with van der Waals surface area (Å²) in [5.41, 5.74) is -3.79. The van der Waals surface area contributed by atoms with Crippen LogP contribution in [0.4, 0.5) is 39.5 Å². The predicted octanol–water partition coefficient (Wildman–Crippen LogP) is 6.46. The standard InChI is InChI=1S/C19H7F9O/c20-9-5-13(23)17(14(24)6-9)8-3-15(25)18(16(26)4-8)19(27,28)29-10-1-2-11(21)12(22)7-10/h1-7H. The van der Waals surface area contributed by atoms with Crippen LogP contribution in [-0.4, -0.2) is 0 Å². The summed E-state index contributed by atoms with van der Waals surface area (Å²) in [5, 5.41) is 0. The molecule has 0 aromatic heterocycles. The molecule has 0 fully saturated rings. The van der Waals surface area contributed by atoms with Gasteiger partial charge < -0.3 is 4.74 Å². The molecular weight excluding hydrogens is 415 g/mol. The highest BCUT2D eigenvalue weighted by Gasteiger charge is 2.41. The molecule has 0 atom stereocenters. The van der Waals surface area contributed by atoms with Gasteiger partial charge in [-0.15, -0.1) is 0 Å². The zero-order valence-corrected chi connectivity index (χ0v) is 13.9. The van der Waals surface area contributed by atoms with Crippen molar-refractivity contribution in [2.45, 2.75) is 6.11 Å². The Morgan fingerprint density at radius 1 is 0.586 bits per heavy atom. The Morgan fingerprint density at radius 3 is 1.66 bits per heavy atom. The fourth-order valence-corrected chi connectivity index (χ4v) is 2.55. The Bertz CT molecular complexity index is 1050. The van der Waals surface area contributed by atoms with Gasteiger partial charge in [-0.05, 0) is 29.8 Å². The molecule has 0 amide bonds. The van der Waals surface area contributed by atoms with Gasteiger partial charge in [0, 0.05) is 18.2 Å². The van der Waals surface area contributed by atoms with Crippen LogP contribution in [0.25, 0.3) is 11.1 Å². The molecule has 10 heteroatoms. The third-order valence-electron chi connectivity index (χ3n) is 3.77. The number of alkyl halides is 2. The lowest BCUT2D eigenvalue weighted by atomic mass is 10.0. The van der Waals surface area contributed by atoms with Crippen molar-refractivity contribution in [1.29, 1.82) is 0 Å². The van der Waals surface area contributed by atoms with Crippen LogP contribution in [0.15, 0.2) is 42.5 Å². The first-order chi connectivity index (χ1) is 13.5. The Hall–Kier alpha value is -3.17. The fraction of sp³-hybridized carbons (Fsp3) is 0.0526. The van der Waals surface area contributed by atoms with Crippen LogP contribution in [0.5, 0.6) is 5.75 Å². The van der Waals surface area contributed by atoms with Crippen molar-refractivity contribution in [3.8, 4) is 16.9 Å². The highest BCUT2D eigenvalue weighted by molar-refractivity contribution is 5.65. The molecule has 0 radical (unpaired) electrons. The van der Waals surface area contributed by atoms with Crippen LogP contribution in [0.2, 0.25) is 0 Å². The van der Waals surface area contributed by atoms with Crippen molar-refractivity contribution in [1.82, 2.24) is 0 Å². The maximum atomic E-state index is 14.2. The van der Waals surface area contributed by atoms with Crippen LogP contribution in [0.1, 0.15) is 5.56 Å². The molecule has 0 unspecified atom stereocenters. The first-order valence-corrected chi connectivity index (χ1v) is 7.66. The molecule has 29 heavy (non-hydrogen) atoms. The van der Waals surface area contributed by atoms with E-state index in [1.807, 2.05) is 0 Å². The summed E-state index contributed by atoms with van der Waals surface area (Å²) >= 11 is 0. The van der Waals surface area contributed by atoms with Crippen molar-refractivity contribution >= 4 is 0 Å². The summed E-state index contributed by atoms with van der Waals surface area (Å²) in [6.07, 6.45) is -4.70. The van der Waals surface area contributed by atoms with Crippen molar-refractivity contribution in [2.24, 2.45) is 0 Å². The van der Waals surface area contributed by atoms with Gasteiger partial charge in [0.15, 0.2) is 11.6 Å². The van der Waals surface area contributed by atoms with E-state index in [0.29, 0.717) is 12.1 Å². The average Bonchev–Trinajstić information content (AvgIpc) is 2.56. The minimum atomic E-state index is -4.70. The number of ether oxygens (including phenoxy) is 1. The van der Waals surface area contributed by atoms with Crippen LogP contribution < -0.4 is 4.74 Å². The molecule has 0 aliphatic rings. The van der Waals surface area contributed by atoms with Crippen molar-refractivity contribution in [3.05, 3.63) is 88.7 Å². The van der Waals surface area contributed by atoms with E-state index in [4.69, 9.17) is 0 Å². The average molecular weight is 422 g/mol. The molecule has 1 nitrogen and oxygen atoms in total. The molecule has 0 aliphatic heterocycles. The van der Waals surface area contributed by atoms with E-state index < -0.39 is 69.3 Å². The van der Waals surface area contributed by atoms with E-state index in [1.54, 1.807) is 0 Å². The van der Waals surface area contributed by atoms with Gasteiger partial charge >= 0.3 is 6.11 Å². The number of hydrogen-bond acceptors (Lipinski definition) is 1. The Balaban J connectivity index is 2.04. The van der Waals surface area contributed by atoms with Gasteiger partial charge in [-0.1, -0.05) is 0 Å². The van der Waals surface area contributed by atoms with Crippen LogP contribution in [0.3, 0.4) is 0 Å². The first kappa shape index (κ1) is 20.6. The van der Waals surface area contributed by atoms with Crippen molar-refractivity contribution < 1.29 is 44.3 Å². The van der Waals surface area contributed by atoms with E-state index >= 15 is 0 Å². The molecule has 0 bridgehead atoms. The molecule has 3 rings (SSSR count). The van der Waals surface area contributed by atoms with E-state index in [1.165, 1.54) is 0 Å². The molecule has 0 aliphatic carbocycles. The molecule has 3 aromatic carbocycles.